The number of H-pyrrole nitrogens is 1. The molecule has 4 nitrogen and oxygen atoms in total. The van der Waals surface area contributed by atoms with Gasteiger partial charge in [0.15, 0.2) is 5.78 Å². The standard InChI is InChI=1S/C17H19N3O/c1-9-13-11-7-5-6-8-12(11)19-15(13)20-16(18)17(3,4)14(9)10(2)21/h5-8,19H,1-4H3,(H2,18,20). The van der Waals surface area contributed by atoms with Crippen LogP contribution in [0.1, 0.15) is 33.3 Å². The van der Waals surface area contributed by atoms with Crippen LogP contribution in [0.2, 0.25) is 0 Å². The lowest BCUT2D eigenvalue weighted by molar-refractivity contribution is -0.114. The molecule has 0 radical (unpaired) electrons. The first-order valence-electron chi connectivity index (χ1n) is 7.02. The molecular formula is C17H19N3O. The fourth-order valence-electron chi connectivity index (χ4n) is 3.28. The van der Waals surface area contributed by atoms with Gasteiger partial charge >= 0.3 is 0 Å². The molecule has 0 amide bonds. The number of allylic oxidation sites excluding steroid dienone is 1. The Hall–Kier alpha value is -2.36. The normalized spacial score (nSPS) is 17.4. The highest BCUT2D eigenvalue weighted by Crippen LogP contribution is 2.43. The molecule has 0 saturated heterocycles. The van der Waals surface area contributed by atoms with Gasteiger partial charge in [-0.25, -0.2) is 4.99 Å². The molecule has 0 bridgehead atoms. The summed E-state index contributed by atoms with van der Waals surface area (Å²) in [5, 5.41) is 1.07. The molecule has 4 heteroatoms. The van der Waals surface area contributed by atoms with Gasteiger partial charge in [0, 0.05) is 22.0 Å². The second kappa shape index (κ2) is 4.32. The van der Waals surface area contributed by atoms with Gasteiger partial charge < -0.3 is 10.7 Å². The van der Waals surface area contributed by atoms with Gasteiger partial charge in [0.25, 0.3) is 0 Å². The van der Waals surface area contributed by atoms with Crippen molar-refractivity contribution in [3.05, 3.63) is 35.4 Å². The van der Waals surface area contributed by atoms with E-state index in [1.807, 2.05) is 45.0 Å². The number of Topliss-reactive ketones (excluding diaryl/α,β-unsaturated/α-hetero) is 1. The number of aliphatic imine (C=N–C) groups is 1. The Morgan fingerprint density at radius 3 is 2.62 bits per heavy atom. The number of carbonyl (C=O) groups excluding carboxylic acids is 1. The average molecular weight is 281 g/mol. The van der Waals surface area contributed by atoms with Gasteiger partial charge in [-0.2, -0.15) is 0 Å². The van der Waals surface area contributed by atoms with E-state index in [1.165, 1.54) is 0 Å². The number of aromatic nitrogens is 1. The monoisotopic (exact) mass is 281 g/mol. The predicted molar refractivity (Wildman–Crippen MR) is 86.6 cm³/mol. The maximum atomic E-state index is 12.2. The Balaban J connectivity index is 2.47. The molecule has 1 aliphatic rings. The van der Waals surface area contributed by atoms with Crippen LogP contribution in [0.3, 0.4) is 0 Å². The minimum Gasteiger partial charge on any atom is -0.386 e. The molecule has 0 spiro atoms. The molecule has 2 aromatic rings. The number of nitrogens with one attached hydrogen (secondary N) is 1. The van der Waals surface area contributed by atoms with Crippen LogP contribution in [0, 0.1) is 5.41 Å². The summed E-state index contributed by atoms with van der Waals surface area (Å²) in [5.41, 5.74) is 9.27. The van der Waals surface area contributed by atoms with Crippen LogP contribution in [0.15, 0.2) is 34.8 Å². The third-order valence-corrected chi connectivity index (χ3v) is 4.29. The summed E-state index contributed by atoms with van der Waals surface area (Å²) in [7, 11) is 0. The van der Waals surface area contributed by atoms with Crippen LogP contribution in [-0.2, 0) is 4.79 Å². The van der Waals surface area contributed by atoms with Crippen LogP contribution in [0.5, 0.6) is 0 Å². The first-order valence-corrected chi connectivity index (χ1v) is 7.02. The second-order valence-electron chi connectivity index (χ2n) is 6.07. The Bertz CT molecular complexity index is 822. The summed E-state index contributed by atoms with van der Waals surface area (Å²) >= 11 is 0. The predicted octanol–water partition coefficient (Wildman–Crippen LogP) is 3.56. The topological polar surface area (TPSA) is 71.2 Å². The highest BCUT2D eigenvalue weighted by molar-refractivity contribution is 6.14. The van der Waals surface area contributed by atoms with E-state index < -0.39 is 5.41 Å². The molecule has 1 aromatic carbocycles. The van der Waals surface area contributed by atoms with Crippen LogP contribution < -0.4 is 5.73 Å². The van der Waals surface area contributed by atoms with E-state index in [1.54, 1.807) is 6.92 Å². The summed E-state index contributed by atoms with van der Waals surface area (Å²) in [5.74, 6) is 1.22. The molecule has 1 aromatic heterocycles. The Kier molecular flexibility index (Phi) is 2.80. The summed E-state index contributed by atoms with van der Waals surface area (Å²) < 4.78 is 0. The molecule has 2 heterocycles. The number of nitrogens with zero attached hydrogens (tertiary/aromatic N) is 1. The molecule has 0 unspecified atom stereocenters. The number of amidine groups is 1. The van der Waals surface area contributed by atoms with Crippen molar-refractivity contribution in [3.63, 3.8) is 0 Å². The number of hydrogen-bond acceptors (Lipinski definition) is 3. The van der Waals surface area contributed by atoms with E-state index in [0.717, 1.165) is 33.4 Å². The average Bonchev–Trinajstić information content (AvgIpc) is 2.72. The van der Waals surface area contributed by atoms with Crippen LogP contribution in [0.4, 0.5) is 5.82 Å². The maximum absolute atomic E-state index is 12.2. The van der Waals surface area contributed by atoms with E-state index in [-0.39, 0.29) is 5.78 Å². The van der Waals surface area contributed by atoms with Crippen molar-refractivity contribution in [2.24, 2.45) is 16.1 Å². The van der Waals surface area contributed by atoms with Gasteiger partial charge in [-0.1, -0.05) is 18.2 Å². The second-order valence-corrected chi connectivity index (χ2v) is 6.07. The molecule has 0 atom stereocenters. The lowest BCUT2D eigenvalue weighted by Gasteiger charge is -2.26. The van der Waals surface area contributed by atoms with Gasteiger partial charge in [0.2, 0.25) is 0 Å². The SMILES string of the molecule is CC(=O)C1=C(C)c2c([nH]c3ccccc23)N=C(N)C1(C)C. The van der Waals surface area contributed by atoms with Crippen molar-refractivity contribution in [3.8, 4) is 0 Å². The van der Waals surface area contributed by atoms with E-state index in [9.17, 15) is 4.79 Å². The molecule has 0 fully saturated rings. The lowest BCUT2D eigenvalue weighted by atomic mass is 9.78. The molecular weight excluding hydrogens is 262 g/mol. The molecule has 108 valence electrons. The van der Waals surface area contributed by atoms with Crippen molar-refractivity contribution >= 4 is 33.9 Å². The van der Waals surface area contributed by atoms with Gasteiger partial charge in [0.05, 0.1) is 5.41 Å². The minimum absolute atomic E-state index is 0.0359. The number of nitrogens with two attached hydrogens (primary N) is 1. The van der Waals surface area contributed by atoms with E-state index in [2.05, 4.69) is 9.98 Å². The molecule has 3 N–H and O–H groups in total. The zero-order valence-electron chi connectivity index (χ0n) is 12.7. The van der Waals surface area contributed by atoms with Gasteiger partial charge in [0.1, 0.15) is 11.7 Å². The Labute approximate surface area is 123 Å². The van der Waals surface area contributed by atoms with Crippen molar-refractivity contribution in [1.29, 1.82) is 0 Å². The molecule has 3 rings (SSSR count). The summed E-state index contributed by atoms with van der Waals surface area (Å²) in [6.45, 7) is 7.46. The first-order chi connectivity index (χ1) is 9.84. The van der Waals surface area contributed by atoms with Crippen molar-refractivity contribution < 1.29 is 4.79 Å². The molecule has 1 aliphatic heterocycles. The number of benzene rings is 1. The number of aromatic amines is 1. The van der Waals surface area contributed by atoms with Crippen molar-refractivity contribution in [2.45, 2.75) is 27.7 Å². The molecule has 21 heavy (non-hydrogen) atoms. The third kappa shape index (κ3) is 1.82. The molecule has 0 saturated carbocycles. The quantitative estimate of drug-likeness (QED) is 0.839. The zero-order chi connectivity index (χ0) is 15.4. The van der Waals surface area contributed by atoms with Gasteiger partial charge in [-0.15, -0.1) is 0 Å². The smallest absolute Gasteiger partial charge is 0.157 e. The van der Waals surface area contributed by atoms with E-state index in [0.29, 0.717) is 5.84 Å². The maximum Gasteiger partial charge on any atom is 0.157 e. The van der Waals surface area contributed by atoms with E-state index >= 15 is 0 Å². The summed E-state index contributed by atoms with van der Waals surface area (Å²) in [6.07, 6.45) is 0. The summed E-state index contributed by atoms with van der Waals surface area (Å²) in [6, 6.07) is 8.00. The Morgan fingerprint density at radius 1 is 1.29 bits per heavy atom. The van der Waals surface area contributed by atoms with Crippen molar-refractivity contribution in [2.75, 3.05) is 0 Å². The number of ketones is 1. The number of hydrogen-bond donors (Lipinski definition) is 2. The van der Waals surface area contributed by atoms with Crippen LogP contribution in [-0.4, -0.2) is 16.6 Å². The summed E-state index contributed by atoms with van der Waals surface area (Å²) in [4.78, 5) is 20.1. The first kappa shape index (κ1) is 13.6. The fourth-order valence-corrected chi connectivity index (χ4v) is 3.28. The highest BCUT2D eigenvalue weighted by Gasteiger charge is 2.36. The largest absolute Gasteiger partial charge is 0.386 e. The van der Waals surface area contributed by atoms with E-state index in [4.69, 9.17) is 5.73 Å². The fraction of sp³-hybridized carbons (Fsp3) is 0.294. The molecule has 0 aliphatic carbocycles. The van der Waals surface area contributed by atoms with Gasteiger partial charge in [-0.3, -0.25) is 4.79 Å². The van der Waals surface area contributed by atoms with Crippen LogP contribution >= 0.6 is 0 Å². The van der Waals surface area contributed by atoms with Crippen molar-refractivity contribution in [1.82, 2.24) is 4.98 Å². The number of para-hydroxylation sites is 1. The lowest BCUT2D eigenvalue weighted by Crippen LogP contribution is -2.35. The number of rotatable bonds is 1. The number of fused-ring (bicyclic) bond motifs is 3. The van der Waals surface area contributed by atoms with Crippen LogP contribution in [0.25, 0.3) is 16.5 Å². The van der Waals surface area contributed by atoms with Gasteiger partial charge in [-0.05, 0) is 39.3 Å². The minimum atomic E-state index is -0.573. The third-order valence-electron chi connectivity index (χ3n) is 4.29. The Morgan fingerprint density at radius 2 is 1.95 bits per heavy atom. The number of carbonyl (C=O) groups is 1. The zero-order valence-corrected chi connectivity index (χ0v) is 12.7. The highest BCUT2D eigenvalue weighted by atomic mass is 16.1.